The van der Waals surface area contributed by atoms with Gasteiger partial charge < -0.3 is 21.1 Å². The largest absolute Gasteiger partial charge is 0.438 e. The first-order chi connectivity index (χ1) is 15.7. The van der Waals surface area contributed by atoms with Crippen LogP contribution in [-0.2, 0) is 6.18 Å². The van der Waals surface area contributed by atoms with Gasteiger partial charge in [0.25, 0.3) is 0 Å². The maximum atomic E-state index is 13.0. The number of ether oxygens (including phenoxy) is 1. The first-order valence-electron chi connectivity index (χ1n) is 9.56. The predicted octanol–water partition coefficient (Wildman–Crippen LogP) is 6.93. The number of urea groups is 1. The van der Waals surface area contributed by atoms with Gasteiger partial charge in [-0.3, -0.25) is 0 Å². The third-order valence-electron chi connectivity index (χ3n) is 4.61. The Kier molecular flexibility index (Phi) is 5.97. The number of fused-ring (bicyclic) bond motifs is 1. The summed E-state index contributed by atoms with van der Waals surface area (Å²) in [6, 6.07) is 16.0. The van der Waals surface area contributed by atoms with Crippen molar-refractivity contribution in [2.75, 3.05) is 16.4 Å². The van der Waals surface area contributed by atoms with E-state index in [1.807, 2.05) is 12.1 Å². The summed E-state index contributed by atoms with van der Waals surface area (Å²) in [4.78, 5) is 16.4. The Morgan fingerprint density at radius 2 is 1.64 bits per heavy atom. The summed E-state index contributed by atoms with van der Waals surface area (Å²) in [6.45, 7) is 0. The van der Waals surface area contributed by atoms with Crippen molar-refractivity contribution in [2.24, 2.45) is 0 Å². The summed E-state index contributed by atoms with van der Waals surface area (Å²) in [5.74, 6) is 0.845. The average molecular weight is 473 g/mol. The molecule has 4 N–H and O–H groups in total. The lowest BCUT2D eigenvalue weighted by molar-refractivity contribution is -0.137. The van der Waals surface area contributed by atoms with E-state index in [1.165, 1.54) is 6.07 Å². The monoisotopic (exact) mass is 472 g/mol. The van der Waals surface area contributed by atoms with Crippen LogP contribution in [0.15, 0.2) is 72.9 Å². The van der Waals surface area contributed by atoms with Crippen LogP contribution in [0, 0.1) is 0 Å². The molecule has 0 fully saturated rings. The molecule has 4 rings (SSSR count). The zero-order chi connectivity index (χ0) is 23.6. The fraction of sp³-hybridized carbons (Fsp3) is 0.0435. The van der Waals surface area contributed by atoms with Gasteiger partial charge in [-0.05, 0) is 66.0 Å². The average Bonchev–Trinajstić information content (AvgIpc) is 2.76. The molecule has 0 spiro atoms. The Morgan fingerprint density at radius 1 is 0.939 bits per heavy atom. The number of nitrogen functional groups attached to an aromatic ring is 1. The highest BCUT2D eigenvalue weighted by atomic mass is 35.5. The first-order valence-corrected chi connectivity index (χ1v) is 9.94. The summed E-state index contributed by atoms with van der Waals surface area (Å²) < 4.78 is 44.8. The molecule has 1 heterocycles. The Balaban J connectivity index is 1.43. The summed E-state index contributed by atoms with van der Waals surface area (Å²) in [6.07, 6.45) is -3.01. The maximum absolute atomic E-state index is 13.0. The molecule has 1 aromatic heterocycles. The van der Waals surface area contributed by atoms with Crippen LogP contribution in [-0.4, -0.2) is 11.0 Å². The van der Waals surface area contributed by atoms with Gasteiger partial charge in [-0.15, -0.1) is 0 Å². The van der Waals surface area contributed by atoms with Gasteiger partial charge >= 0.3 is 12.2 Å². The molecule has 33 heavy (non-hydrogen) atoms. The van der Waals surface area contributed by atoms with Gasteiger partial charge in [-0.25, -0.2) is 9.78 Å². The van der Waals surface area contributed by atoms with Crippen molar-refractivity contribution in [3.63, 3.8) is 0 Å². The number of carbonyl (C=O) groups is 1. The number of carbonyl (C=O) groups excluding carboxylic acids is 1. The molecule has 0 saturated carbocycles. The topological polar surface area (TPSA) is 89.3 Å². The standard InChI is InChI=1S/C23H16ClF3N4O2/c24-20-8-5-16(12-19(20)23(25,26)27)31-22(32)30-15-3-6-17(7-4-15)33-21-18-11-14(28)2-1-13(18)9-10-29-21/h1-12H,28H2,(H2,30,31,32). The lowest BCUT2D eigenvalue weighted by Gasteiger charge is -2.13. The SMILES string of the molecule is Nc1ccc2ccnc(Oc3ccc(NC(=O)Nc4ccc(Cl)c(C(F)(F)F)c4)cc3)c2c1. The number of anilines is 3. The second-order valence-corrected chi connectivity index (χ2v) is 7.40. The Hall–Kier alpha value is -3.98. The van der Waals surface area contributed by atoms with Crippen LogP contribution in [0.25, 0.3) is 10.8 Å². The number of amides is 2. The minimum Gasteiger partial charge on any atom is -0.438 e. The second-order valence-electron chi connectivity index (χ2n) is 6.99. The summed E-state index contributed by atoms with van der Waals surface area (Å²) in [7, 11) is 0. The fourth-order valence-electron chi connectivity index (χ4n) is 3.07. The molecule has 0 atom stereocenters. The molecule has 4 aromatic rings. The highest BCUT2D eigenvalue weighted by Gasteiger charge is 2.33. The number of nitrogens with one attached hydrogen (secondary N) is 2. The number of aromatic nitrogens is 1. The Bertz CT molecular complexity index is 1330. The molecule has 0 unspecified atom stereocenters. The second kappa shape index (κ2) is 8.87. The molecular formula is C23H16ClF3N4O2. The lowest BCUT2D eigenvalue weighted by atomic mass is 10.1. The number of hydrogen-bond donors (Lipinski definition) is 3. The van der Waals surface area contributed by atoms with E-state index < -0.39 is 22.8 Å². The van der Waals surface area contributed by atoms with E-state index >= 15 is 0 Å². The molecular weight excluding hydrogens is 457 g/mol. The van der Waals surface area contributed by atoms with Gasteiger partial charge in [-0.2, -0.15) is 13.2 Å². The van der Waals surface area contributed by atoms with E-state index in [0.717, 1.165) is 22.9 Å². The smallest absolute Gasteiger partial charge is 0.417 e. The molecule has 0 bridgehead atoms. The van der Waals surface area contributed by atoms with Crippen molar-refractivity contribution >= 4 is 45.5 Å². The van der Waals surface area contributed by atoms with Gasteiger partial charge in [0, 0.05) is 28.6 Å². The molecule has 10 heteroatoms. The summed E-state index contributed by atoms with van der Waals surface area (Å²) in [5.41, 5.74) is 5.75. The van der Waals surface area contributed by atoms with E-state index in [2.05, 4.69) is 15.6 Å². The van der Waals surface area contributed by atoms with Crippen LogP contribution in [0.2, 0.25) is 5.02 Å². The van der Waals surface area contributed by atoms with E-state index in [0.29, 0.717) is 23.0 Å². The number of hydrogen-bond acceptors (Lipinski definition) is 4. The van der Waals surface area contributed by atoms with Gasteiger partial charge in [-0.1, -0.05) is 17.7 Å². The molecule has 0 aliphatic heterocycles. The summed E-state index contributed by atoms with van der Waals surface area (Å²) in [5, 5.41) is 6.10. The van der Waals surface area contributed by atoms with E-state index in [9.17, 15) is 18.0 Å². The van der Waals surface area contributed by atoms with Gasteiger partial charge in [0.15, 0.2) is 0 Å². The minimum atomic E-state index is -4.63. The molecule has 3 aromatic carbocycles. The zero-order valence-corrected chi connectivity index (χ0v) is 17.5. The third-order valence-corrected chi connectivity index (χ3v) is 4.94. The maximum Gasteiger partial charge on any atom is 0.417 e. The van der Waals surface area contributed by atoms with Crippen molar-refractivity contribution in [3.8, 4) is 11.6 Å². The molecule has 0 radical (unpaired) electrons. The van der Waals surface area contributed by atoms with Crippen molar-refractivity contribution in [1.82, 2.24) is 4.98 Å². The van der Waals surface area contributed by atoms with Gasteiger partial charge in [0.05, 0.1) is 10.6 Å². The van der Waals surface area contributed by atoms with Crippen molar-refractivity contribution < 1.29 is 22.7 Å². The van der Waals surface area contributed by atoms with Crippen molar-refractivity contribution in [3.05, 3.63) is 83.5 Å². The van der Waals surface area contributed by atoms with Crippen LogP contribution in [0.1, 0.15) is 5.56 Å². The molecule has 0 aliphatic rings. The number of benzene rings is 3. The predicted molar refractivity (Wildman–Crippen MR) is 122 cm³/mol. The molecule has 168 valence electrons. The van der Waals surface area contributed by atoms with Crippen LogP contribution >= 0.6 is 11.6 Å². The number of halogens is 4. The highest BCUT2D eigenvalue weighted by Crippen LogP contribution is 2.36. The van der Waals surface area contributed by atoms with Gasteiger partial charge in [0.1, 0.15) is 5.75 Å². The normalized spacial score (nSPS) is 11.3. The zero-order valence-electron chi connectivity index (χ0n) is 16.8. The number of alkyl halides is 3. The van der Waals surface area contributed by atoms with Crippen molar-refractivity contribution in [1.29, 1.82) is 0 Å². The van der Waals surface area contributed by atoms with Crippen LogP contribution in [0.3, 0.4) is 0 Å². The van der Waals surface area contributed by atoms with E-state index in [-0.39, 0.29) is 5.69 Å². The third kappa shape index (κ3) is 5.27. The van der Waals surface area contributed by atoms with Crippen LogP contribution in [0.4, 0.5) is 35.0 Å². The van der Waals surface area contributed by atoms with E-state index in [4.69, 9.17) is 22.1 Å². The number of nitrogens with zero attached hydrogens (tertiary/aromatic N) is 1. The fourth-order valence-corrected chi connectivity index (χ4v) is 3.30. The van der Waals surface area contributed by atoms with Crippen LogP contribution < -0.4 is 21.1 Å². The number of nitrogens with two attached hydrogens (primary N) is 1. The minimum absolute atomic E-state index is 0.0505. The molecule has 0 saturated heterocycles. The summed E-state index contributed by atoms with van der Waals surface area (Å²) >= 11 is 5.59. The number of rotatable bonds is 4. The Morgan fingerprint density at radius 3 is 2.36 bits per heavy atom. The van der Waals surface area contributed by atoms with Crippen molar-refractivity contribution in [2.45, 2.75) is 6.18 Å². The molecule has 0 aliphatic carbocycles. The van der Waals surface area contributed by atoms with E-state index in [1.54, 1.807) is 42.6 Å². The van der Waals surface area contributed by atoms with Crippen LogP contribution in [0.5, 0.6) is 11.6 Å². The highest BCUT2D eigenvalue weighted by molar-refractivity contribution is 6.31. The quantitative estimate of drug-likeness (QED) is 0.281. The molecule has 6 nitrogen and oxygen atoms in total. The molecule has 2 amide bonds. The Labute approximate surface area is 191 Å². The van der Waals surface area contributed by atoms with Gasteiger partial charge in [0.2, 0.25) is 5.88 Å². The lowest BCUT2D eigenvalue weighted by Crippen LogP contribution is -2.19. The number of pyridine rings is 1. The first kappa shape index (κ1) is 22.2.